The molecule has 12 heavy (non-hydrogen) atoms. The van der Waals surface area contributed by atoms with Gasteiger partial charge in [-0.2, -0.15) is 0 Å². The Balaban J connectivity index is 2.26. The van der Waals surface area contributed by atoms with Crippen LogP contribution in [0.25, 0.3) is 0 Å². The molecule has 1 fully saturated rings. The largest absolute Gasteiger partial charge is 0.378 e. The Bertz CT molecular complexity index is 119. The van der Waals surface area contributed by atoms with E-state index >= 15 is 0 Å². The van der Waals surface area contributed by atoms with E-state index in [0.717, 1.165) is 39.3 Å². The minimum absolute atomic E-state index is 0.630. The Kier molecular flexibility index (Phi) is 4.58. The van der Waals surface area contributed by atoms with E-state index in [0.29, 0.717) is 6.04 Å². The van der Waals surface area contributed by atoms with Gasteiger partial charge in [0.05, 0.1) is 13.2 Å². The predicted molar refractivity (Wildman–Crippen MR) is 50.1 cm³/mol. The zero-order valence-corrected chi connectivity index (χ0v) is 7.96. The summed E-state index contributed by atoms with van der Waals surface area (Å²) in [5.74, 6) is 0. The van der Waals surface area contributed by atoms with E-state index in [1.807, 2.05) is 0 Å². The van der Waals surface area contributed by atoms with Crippen LogP contribution in [0.2, 0.25) is 0 Å². The van der Waals surface area contributed by atoms with Crippen molar-refractivity contribution >= 4 is 0 Å². The Hall–Kier alpha value is -0.120. The molecular formula is C9H20N2O. The Labute approximate surface area is 74.9 Å². The highest BCUT2D eigenvalue weighted by Crippen LogP contribution is 2.09. The van der Waals surface area contributed by atoms with Crippen LogP contribution in [0.4, 0.5) is 0 Å². The van der Waals surface area contributed by atoms with E-state index in [2.05, 4.69) is 11.8 Å². The van der Waals surface area contributed by atoms with Crippen molar-refractivity contribution < 1.29 is 4.74 Å². The van der Waals surface area contributed by atoms with E-state index < -0.39 is 0 Å². The molecule has 0 radical (unpaired) electrons. The minimum atomic E-state index is 0.630. The first-order chi connectivity index (χ1) is 5.88. The molecule has 3 heteroatoms. The van der Waals surface area contributed by atoms with Crippen molar-refractivity contribution in [3.8, 4) is 0 Å². The maximum absolute atomic E-state index is 5.47. The van der Waals surface area contributed by atoms with Crippen LogP contribution in [-0.4, -0.2) is 43.8 Å². The summed E-state index contributed by atoms with van der Waals surface area (Å²) in [6, 6.07) is 0.630. The van der Waals surface area contributed by atoms with E-state index in [1.165, 1.54) is 6.42 Å². The number of hydrogen-bond acceptors (Lipinski definition) is 3. The first-order valence-corrected chi connectivity index (χ1v) is 4.90. The van der Waals surface area contributed by atoms with Crippen molar-refractivity contribution in [2.45, 2.75) is 25.8 Å². The van der Waals surface area contributed by atoms with E-state index in [9.17, 15) is 0 Å². The Morgan fingerprint density at radius 3 is 3.08 bits per heavy atom. The second kappa shape index (κ2) is 5.51. The van der Waals surface area contributed by atoms with E-state index in [-0.39, 0.29) is 0 Å². The van der Waals surface area contributed by atoms with Crippen molar-refractivity contribution in [2.24, 2.45) is 5.73 Å². The van der Waals surface area contributed by atoms with Crippen LogP contribution in [0, 0.1) is 0 Å². The van der Waals surface area contributed by atoms with Crippen molar-refractivity contribution in [3.05, 3.63) is 0 Å². The quantitative estimate of drug-likeness (QED) is 0.669. The fourth-order valence-corrected chi connectivity index (χ4v) is 1.65. The maximum atomic E-state index is 5.47. The first kappa shape index (κ1) is 9.96. The lowest BCUT2D eigenvalue weighted by molar-refractivity contribution is -0.00863. The van der Waals surface area contributed by atoms with E-state index in [4.69, 9.17) is 10.5 Å². The molecule has 0 aromatic heterocycles. The molecule has 0 aromatic rings. The van der Waals surface area contributed by atoms with Crippen LogP contribution in [0.3, 0.4) is 0 Å². The van der Waals surface area contributed by atoms with Gasteiger partial charge in [0, 0.05) is 12.6 Å². The molecule has 0 bridgehead atoms. The number of rotatable bonds is 4. The van der Waals surface area contributed by atoms with Crippen molar-refractivity contribution in [1.82, 2.24) is 4.90 Å². The summed E-state index contributed by atoms with van der Waals surface area (Å²) in [6.45, 7) is 7.03. The molecular weight excluding hydrogens is 152 g/mol. The second-order valence-corrected chi connectivity index (χ2v) is 3.32. The summed E-state index contributed by atoms with van der Waals surface area (Å²) < 4.78 is 5.41. The molecule has 3 nitrogen and oxygen atoms in total. The SMILES string of the molecule is CCC1COCCN1CCCN. The molecule has 1 heterocycles. The summed E-state index contributed by atoms with van der Waals surface area (Å²) in [7, 11) is 0. The molecule has 1 unspecified atom stereocenters. The van der Waals surface area contributed by atoms with Crippen molar-refractivity contribution in [1.29, 1.82) is 0 Å². The zero-order valence-electron chi connectivity index (χ0n) is 7.96. The molecule has 2 N–H and O–H groups in total. The van der Waals surface area contributed by atoms with Crippen LogP contribution in [0.15, 0.2) is 0 Å². The molecule has 1 rings (SSSR count). The van der Waals surface area contributed by atoms with Gasteiger partial charge < -0.3 is 10.5 Å². The highest BCUT2D eigenvalue weighted by Gasteiger charge is 2.19. The number of morpholine rings is 1. The summed E-state index contributed by atoms with van der Waals surface area (Å²) in [6.07, 6.45) is 2.29. The molecule has 1 aliphatic heterocycles. The van der Waals surface area contributed by atoms with E-state index in [1.54, 1.807) is 0 Å². The summed E-state index contributed by atoms with van der Waals surface area (Å²) in [4.78, 5) is 2.50. The molecule has 0 amide bonds. The average Bonchev–Trinajstić information content (AvgIpc) is 2.15. The van der Waals surface area contributed by atoms with Gasteiger partial charge in [0.25, 0.3) is 0 Å². The van der Waals surface area contributed by atoms with Gasteiger partial charge in [0.15, 0.2) is 0 Å². The third kappa shape index (κ3) is 2.73. The van der Waals surface area contributed by atoms with Gasteiger partial charge in [-0.15, -0.1) is 0 Å². The highest BCUT2D eigenvalue weighted by atomic mass is 16.5. The van der Waals surface area contributed by atoms with Crippen LogP contribution in [0.1, 0.15) is 19.8 Å². The molecule has 0 aromatic carbocycles. The fraction of sp³-hybridized carbons (Fsp3) is 1.00. The number of hydrogen-bond donors (Lipinski definition) is 1. The highest BCUT2D eigenvalue weighted by molar-refractivity contribution is 4.73. The topological polar surface area (TPSA) is 38.5 Å². The maximum Gasteiger partial charge on any atom is 0.0622 e. The van der Waals surface area contributed by atoms with Crippen LogP contribution >= 0.6 is 0 Å². The van der Waals surface area contributed by atoms with Gasteiger partial charge in [-0.3, -0.25) is 4.90 Å². The monoisotopic (exact) mass is 172 g/mol. The molecule has 0 aliphatic carbocycles. The number of nitrogens with zero attached hydrogens (tertiary/aromatic N) is 1. The van der Waals surface area contributed by atoms with Gasteiger partial charge in [0.1, 0.15) is 0 Å². The lowest BCUT2D eigenvalue weighted by atomic mass is 10.1. The predicted octanol–water partition coefficient (Wildman–Crippen LogP) is 0.446. The second-order valence-electron chi connectivity index (χ2n) is 3.32. The van der Waals surface area contributed by atoms with Crippen molar-refractivity contribution in [3.63, 3.8) is 0 Å². The first-order valence-electron chi connectivity index (χ1n) is 4.90. The van der Waals surface area contributed by atoms with Gasteiger partial charge in [-0.1, -0.05) is 6.92 Å². The van der Waals surface area contributed by atoms with Crippen molar-refractivity contribution in [2.75, 3.05) is 32.8 Å². The summed E-state index contributed by atoms with van der Waals surface area (Å²) in [5.41, 5.74) is 5.47. The molecule has 72 valence electrons. The third-order valence-electron chi connectivity index (χ3n) is 2.47. The fourth-order valence-electron chi connectivity index (χ4n) is 1.65. The minimum Gasteiger partial charge on any atom is -0.378 e. The van der Waals surface area contributed by atoms with Gasteiger partial charge >= 0.3 is 0 Å². The van der Waals surface area contributed by atoms with Gasteiger partial charge in [0.2, 0.25) is 0 Å². The van der Waals surface area contributed by atoms with Crippen LogP contribution < -0.4 is 5.73 Å². The molecule has 1 saturated heterocycles. The van der Waals surface area contributed by atoms with Gasteiger partial charge in [-0.25, -0.2) is 0 Å². The average molecular weight is 172 g/mol. The molecule has 1 atom stereocenters. The van der Waals surface area contributed by atoms with Gasteiger partial charge in [-0.05, 0) is 25.9 Å². The Morgan fingerprint density at radius 2 is 2.42 bits per heavy atom. The molecule has 0 saturated carbocycles. The summed E-state index contributed by atoms with van der Waals surface area (Å²) in [5, 5.41) is 0. The normalized spacial score (nSPS) is 26.0. The summed E-state index contributed by atoms with van der Waals surface area (Å²) >= 11 is 0. The smallest absolute Gasteiger partial charge is 0.0622 e. The molecule has 1 aliphatic rings. The number of nitrogens with two attached hydrogens (primary N) is 1. The Morgan fingerprint density at radius 1 is 1.58 bits per heavy atom. The lowest BCUT2D eigenvalue weighted by Crippen LogP contribution is -2.45. The van der Waals surface area contributed by atoms with Crippen LogP contribution in [-0.2, 0) is 4.74 Å². The lowest BCUT2D eigenvalue weighted by Gasteiger charge is -2.34. The number of ether oxygens (including phenoxy) is 1. The third-order valence-corrected chi connectivity index (χ3v) is 2.47. The van der Waals surface area contributed by atoms with Crippen LogP contribution in [0.5, 0.6) is 0 Å². The molecule has 0 spiro atoms. The standard InChI is InChI=1S/C9H20N2O/c1-2-9-8-12-7-6-11(9)5-3-4-10/h9H,2-8,10H2,1H3. The zero-order chi connectivity index (χ0) is 8.81.